The Kier molecular flexibility index (Phi) is 4.60. The molecule has 0 heterocycles. The molecule has 16 heavy (non-hydrogen) atoms. The molecule has 1 aromatic carbocycles. The first-order chi connectivity index (χ1) is 7.49. The third-order valence-electron chi connectivity index (χ3n) is 2.61. The van der Waals surface area contributed by atoms with Crippen LogP contribution in [-0.4, -0.2) is 6.54 Å². The average Bonchev–Trinajstić information content (AvgIpc) is 2.26. The first-order valence-electron chi connectivity index (χ1n) is 5.92. The first kappa shape index (κ1) is 12.8. The van der Waals surface area contributed by atoms with E-state index in [1.807, 2.05) is 6.07 Å². The van der Waals surface area contributed by atoms with Crippen molar-refractivity contribution in [3.63, 3.8) is 0 Å². The fraction of sp³-hybridized carbons (Fsp3) is 0.467. The highest BCUT2D eigenvalue weighted by Gasteiger charge is 2.15. The molecule has 0 bridgehead atoms. The topological polar surface area (TPSA) is 12.0 Å². The molecule has 0 amide bonds. The molecule has 0 aliphatic rings. The minimum absolute atomic E-state index is 0.299. The van der Waals surface area contributed by atoms with Gasteiger partial charge in [0.05, 0.1) is 0 Å². The zero-order chi connectivity index (χ0) is 12.0. The Bertz CT molecular complexity index is 332. The Morgan fingerprint density at radius 3 is 2.38 bits per heavy atom. The summed E-state index contributed by atoms with van der Waals surface area (Å²) >= 11 is 0. The van der Waals surface area contributed by atoms with Gasteiger partial charge in [0, 0.05) is 12.2 Å². The molecule has 0 aliphatic heterocycles. The summed E-state index contributed by atoms with van der Waals surface area (Å²) in [5.41, 5.74) is 2.90. The number of nitrogens with one attached hydrogen (secondary N) is 1. The van der Waals surface area contributed by atoms with Crippen LogP contribution in [0.25, 0.3) is 0 Å². The highest BCUT2D eigenvalue weighted by molar-refractivity contribution is 5.42. The van der Waals surface area contributed by atoms with Gasteiger partial charge in [0.15, 0.2) is 0 Å². The second-order valence-corrected chi connectivity index (χ2v) is 5.37. The number of rotatable bonds is 5. The Morgan fingerprint density at radius 2 is 1.81 bits per heavy atom. The number of para-hydroxylation sites is 1. The Hall–Kier alpha value is -1.24. The highest BCUT2D eigenvalue weighted by Crippen LogP contribution is 2.22. The Morgan fingerprint density at radius 1 is 1.19 bits per heavy atom. The smallest absolute Gasteiger partial charge is 0.0340 e. The van der Waals surface area contributed by atoms with E-state index in [0.717, 1.165) is 13.0 Å². The summed E-state index contributed by atoms with van der Waals surface area (Å²) < 4.78 is 0. The lowest BCUT2D eigenvalue weighted by Crippen LogP contribution is -2.22. The van der Waals surface area contributed by atoms with E-state index in [1.165, 1.54) is 11.3 Å². The summed E-state index contributed by atoms with van der Waals surface area (Å²) in [5.74, 6) is 0. The molecule has 1 heteroatoms. The van der Waals surface area contributed by atoms with Crippen molar-refractivity contribution in [2.24, 2.45) is 5.41 Å². The second kappa shape index (κ2) is 5.74. The molecule has 1 aromatic rings. The van der Waals surface area contributed by atoms with Gasteiger partial charge >= 0.3 is 0 Å². The van der Waals surface area contributed by atoms with Gasteiger partial charge in [-0.05, 0) is 37.8 Å². The van der Waals surface area contributed by atoms with Crippen molar-refractivity contribution in [3.05, 3.63) is 42.0 Å². The summed E-state index contributed by atoms with van der Waals surface area (Å²) in [6, 6.07) is 10.4. The maximum atomic E-state index is 3.48. The van der Waals surface area contributed by atoms with Crippen LogP contribution in [0.2, 0.25) is 0 Å². The van der Waals surface area contributed by atoms with Gasteiger partial charge in [-0.25, -0.2) is 0 Å². The van der Waals surface area contributed by atoms with Crippen LogP contribution in [0.15, 0.2) is 42.0 Å². The van der Waals surface area contributed by atoms with E-state index in [1.54, 1.807) is 0 Å². The van der Waals surface area contributed by atoms with E-state index in [-0.39, 0.29) is 0 Å². The van der Waals surface area contributed by atoms with Crippen LogP contribution >= 0.6 is 0 Å². The van der Waals surface area contributed by atoms with E-state index in [9.17, 15) is 0 Å². The van der Waals surface area contributed by atoms with Gasteiger partial charge in [0.2, 0.25) is 0 Å². The molecule has 1 nitrogen and oxygen atoms in total. The van der Waals surface area contributed by atoms with Crippen molar-refractivity contribution in [1.29, 1.82) is 0 Å². The predicted molar refractivity (Wildman–Crippen MR) is 72.8 cm³/mol. The third-order valence-corrected chi connectivity index (χ3v) is 2.61. The fourth-order valence-electron chi connectivity index (χ4n) is 1.45. The molecule has 0 saturated carbocycles. The van der Waals surface area contributed by atoms with Crippen LogP contribution in [0.5, 0.6) is 0 Å². The molecular weight excluding hydrogens is 194 g/mol. The third kappa shape index (κ3) is 5.01. The quantitative estimate of drug-likeness (QED) is 0.717. The van der Waals surface area contributed by atoms with Gasteiger partial charge in [-0.2, -0.15) is 0 Å². The summed E-state index contributed by atoms with van der Waals surface area (Å²) in [4.78, 5) is 0. The molecule has 1 N–H and O–H groups in total. The molecule has 0 radical (unpaired) electrons. The summed E-state index contributed by atoms with van der Waals surface area (Å²) in [6.45, 7) is 9.90. The lowest BCUT2D eigenvalue weighted by atomic mass is 9.88. The second-order valence-electron chi connectivity index (χ2n) is 5.37. The monoisotopic (exact) mass is 217 g/mol. The number of allylic oxidation sites excluding steroid dienone is 2. The van der Waals surface area contributed by atoms with Crippen LogP contribution in [0.1, 0.15) is 34.1 Å². The van der Waals surface area contributed by atoms with Gasteiger partial charge in [-0.1, -0.05) is 43.7 Å². The molecule has 1 rings (SSSR count). The molecule has 88 valence electrons. The lowest BCUT2D eigenvalue weighted by molar-refractivity contribution is 0.397. The molecule has 0 saturated heterocycles. The van der Waals surface area contributed by atoms with E-state index in [4.69, 9.17) is 0 Å². The minimum Gasteiger partial charge on any atom is -0.384 e. The molecule has 0 fully saturated rings. The van der Waals surface area contributed by atoms with Gasteiger partial charge in [0.25, 0.3) is 0 Å². The maximum absolute atomic E-state index is 3.48. The van der Waals surface area contributed by atoms with Crippen LogP contribution in [0.3, 0.4) is 0 Å². The van der Waals surface area contributed by atoms with Crippen LogP contribution < -0.4 is 5.32 Å². The summed E-state index contributed by atoms with van der Waals surface area (Å²) in [6.07, 6.45) is 3.43. The number of hydrogen-bond donors (Lipinski definition) is 1. The maximum Gasteiger partial charge on any atom is 0.0340 e. The minimum atomic E-state index is 0.299. The van der Waals surface area contributed by atoms with Crippen LogP contribution in [0, 0.1) is 5.41 Å². The number of benzene rings is 1. The van der Waals surface area contributed by atoms with Crippen molar-refractivity contribution in [3.8, 4) is 0 Å². The van der Waals surface area contributed by atoms with E-state index in [2.05, 4.69) is 63.4 Å². The molecule has 0 atom stereocenters. The number of hydrogen-bond acceptors (Lipinski definition) is 1. The van der Waals surface area contributed by atoms with Crippen molar-refractivity contribution in [2.75, 3.05) is 11.9 Å². The van der Waals surface area contributed by atoms with Gasteiger partial charge in [-0.3, -0.25) is 0 Å². The lowest BCUT2D eigenvalue weighted by Gasteiger charge is -2.24. The zero-order valence-corrected chi connectivity index (χ0v) is 10.9. The molecule has 0 unspecified atom stereocenters. The molecular formula is C15H23N. The standard InChI is InChI=1S/C15H23N/c1-13(2)10-11-15(3,4)12-16-14-8-6-5-7-9-14/h5-10,16H,11-12H2,1-4H3. The van der Waals surface area contributed by atoms with Gasteiger partial charge in [-0.15, -0.1) is 0 Å². The molecule has 0 aromatic heterocycles. The van der Waals surface area contributed by atoms with Crippen molar-refractivity contribution in [2.45, 2.75) is 34.1 Å². The SMILES string of the molecule is CC(C)=CCC(C)(C)CNc1ccccc1. The summed E-state index contributed by atoms with van der Waals surface area (Å²) in [7, 11) is 0. The van der Waals surface area contributed by atoms with Gasteiger partial charge in [0.1, 0.15) is 0 Å². The van der Waals surface area contributed by atoms with E-state index < -0.39 is 0 Å². The first-order valence-corrected chi connectivity index (χ1v) is 5.92. The van der Waals surface area contributed by atoms with E-state index >= 15 is 0 Å². The van der Waals surface area contributed by atoms with Crippen LogP contribution in [0.4, 0.5) is 5.69 Å². The average molecular weight is 217 g/mol. The number of anilines is 1. The normalized spacial score (nSPS) is 11.0. The van der Waals surface area contributed by atoms with Gasteiger partial charge < -0.3 is 5.32 Å². The summed E-state index contributed by atoms with van der Waals surface area (Å²) in [5, 5.41) is 3.48. The molecule has 0 aliphatic carbocycles. The van der Waals surface area contributed by atoms with Crippen molar-refractivity contribution < 1.29 is 0 Å². The van der Waals surface area contributed by atoms with Crippen molar-refractivity contribution in [1.82, 2.24) is 0 Å². The largest absolute Gasteiger partial charge is 0.384 e. The Balaban J connectivity index is 2.45. The van der Waals surface area contributed by atoms with Crippen LogP contribution in [-0.2, 0) is 0 Å². The fourth-order valence-corrected chi connectivity index (χ4v) is 1.45. The Labute approximate surface area is 99.6 Å². The highest BCUT2D eigenvalue weighted by atomic mass is 14.9. The van der Waals surface area contributed by atoms with Crippen molar-refractivity contribution >= 4 is 5.69 Å². The van der Waals surface area contributed by atoms with E-state index in [0.29, 0.717) is 5.41 Å². The molecule has 0 spiro atoms. The predicted octanol–water partition coefficient (Wildman–Crippen LogP) is 4.48. The zero-order valence-electron chi connectivity index (χ0n) is 10.9.